The Hall–Kier alpha value is -1.99. The first-order chi connectivity index (χ1) is 13.8. The lowest BCUT2D eigenvalue weighted by Gasteiger charge is -2.15. The van der Waals surface area contributed by atoms with Gasteiger partial charge in [-0.05, 0) is 36.8 Å². The molecule has 1 aliphatic rings. The number of carbonyl (C=O) groups excluding carboxylic acids is 3. The number of hydrogen-bond acceptors (Lipinski definition) is 4. The third kappa shape index (κ3) is 4.95. The molecule has 0 unspecified atom stereocenters. The fourth-order valence-corrected chi connectivity index (χ4v) is 3.68. The predicted octanol–water partition coefficient (Wildman–Crippen LogP) is 5.22. The number of ether oxygens (including phenoxy) is 1. The number of halogens is 4. The van der Waals surface area contributed by atoms with Crippen molar-refractivity contribution < 1.29 is 19.1 Å². The van der Waals surface area contributed by atoms with Gasteiger partial charge in [-0.2, -0.15) is 0 Å². The van der Waals surface area contributed by atoms with Crippen molar-refractivity contribution in [1.29, 1.82) is 0 Å². The average molecular weight is 476 g/mol. The molecular formula is C19H14Cl4N2O4. The number of nitrogens with one attached hydrogen (secondary N) is 1. The Balaban J connectivity index is 1.59. The second kappa shape index (κ2) is 9.22. The maximum Gasteiger partial charge on any atom is 0.338 e. The van der Waals surface area contributed by atoms with Crippen LogP contribution < -0.4 is 10.2 Å². The topological polar surface area (TPSA) is 75.7 Å². The normalized spacial score (nSPS) is 13.5. The van der Waals surface area contributed by atoms with Gasteiger partial charge < -0.3 is 15.0 Å². The van der Waals surface area contributed by atoms with E-state index in [0.717, 1.165) is 6.42 Å². The van der Waals surface area contributed by atoms with Crippen LogP contribution in [0, 0.1) is 0 Å². The molecule has 152 valence electrons. The van der Waals surface area contributed by atoms with Crippen LogP contribution in [-0.2, 0) is 14.3 Å². The Morgan fingerprint density at radius 3 is 2.21 bits per heavy atom. The summed E-state index contributed by atoms with van der Waals surface area (Å²) >= 11 is 23.9. The number of amides is 2. The highest BCUT2D eigenvalue weighted by atomic mass is 35.5. The molecule has 10 heteroatoms. The van der Waals surface area contributed by atoms with Crippen molar-refractivity contribution in [3.05, 3.63) is 56.0 Å². The molecule has 1 heterocycles. The maximum absolute atomic E-state index is 12.2. The third-order valence-corrected chi connectivity index (χ3v) is 5.77. The molecule has 3 rings (SSSR count). The molecule has 0 aliphatic carbocycles. The maximum atomic E-state index is 12.2. The number of carbonyl (C=O) groups is 3. The zero-order valence-corrected chi connectivity index (χ0v) is 17.8. The van der Waals surface area contributed by atoms with E-state index in [0.29, 0.717) is 18.7 Å². The first-order valence-electron chi connectivity index (χ1n) is 8.48. The van der Waals surface area contributed by atoms with E-state index in [2.05, 4.69) is 5.32 Å². The Kier molecular flexibility index (Phi) is 6.90. The van der Waals surface area contributed by atoms with Crippen LogP contribution >= 0.6 is 46.4 Å². The van der Waals surface area contributed by atoms with Gasteiger partial charge in [-0.1, -0.05) is 46.4 Å². The van der Waals surface area contributed by atoms with Crippen LogP contribution in [0.4, 0.5) is 11.4 Å². The Morgan fingerprint density at radius 2 is 1.66 bits per heavy atom. The first kappa shape index (κ1) is 21.7. The first-order valence-corrected chi connectivity index (χ1v) is 9.99. The highest BCUT2D eigenvalue weighted by molar-refractivity contribution is 6.50. The molecule has 0 radical (unpaired) electrons. The molecule has 2 amide bonds. The molecule has 1 N–H and O–H groups in total. The summed E-state index contributed by atoms with van der Waals surface area (Å²) in [7, 11) is 0. The van der Waals surface area contributed by atoms with Gasteiger partial charge in [0.25, 0.3) is 5.91 Å². The van der Waals surface area contributed by atoms with E-state index in [4.69, 9.17) is 51.1 Å². The van der Waals surface area contributed by atoms with E-state index in [1.807, 2.05) is 0 Å². The molecule has 0 spiro atoms. The lowest BCUT2D eigenvalue weighted by Crippen LogP contribution is -2.24. The molecule has 2 aromatic rings. The highest BCUT2D eigenvalue weighted by Crippen LogP contribution is 2.40. The quantitative estimate of drug-likeness (QED) is 0.475. The average Bonchev–Trinajstić information content (AvgIpc) is 3.14. The summed E-state index contributed by atoms with van der Waals surface area (Å²) in [4.78, 5) is 37.7. The smallest absolute Gasteiger partial charge is 0.338 e. The van der Waals surface area contributed by atoms with Gasteiger partial charge in [-0.25, -0.2) is 4.79 Å². The molecule has 0 atom stereocenters. The van der Waals surface area contributed by atoms with Crippen LogP contribution in [0.25, 0.3) is 0 Å². The Bertz CT molecular complexity index is 953. The molecule has 6 nitrogen and oxygen atoms in total. The summed E-state index contributed by atoms with van der Waals surface area (Å²) in [5, 5.41) is 2.70. The minimum atomic E-state index is -0.694. The number of nitrogens with zero attached hydrogens (tertiary/aromatic N) is 1. The Morgan fingerprint density at radius 1 is 1.03 bits per heavy atom. The van der Waals surface area contributed by atoms with Gasteiger partial charge in [0.05, 0.1) is 31.3 Å². The molecule has 1 fully saturated rings. The Labute approximate surface area is 186 Å². The van der Waals surface area contributed by atoms with Gasteiger partial charge in [-0.3, -0.25) is 9.59 Å². The van der Waals surface area contributed by atoms with E-state index >= 15 is 0 Å². The van der Waals surface area contributed by atoms with Gasteiger partial charge in [-0.15, -0.1) is 0 Å². The largest absolute Gasteiger partial charge is 0.452 e. The van der Waals surface area contributed by atoms with Crippen molar-refractivity contribution >= 4 is 75.6 Å². The van der Waals surface area contributed by atoms with Crippen molar-refractivity contribution in [3.8, 4) is 0 Å². The van der Waals surface area contributed by atoms with Crippen molar-refractivity contribution in [2.24, 2.45) is 0 Å². The molecule has 1 aliphatic heterocycles. The fraction of sp³-hybridized carbons (Fsp3) is 0.211. The van der Waals surface area contributed by atoms with E-state index in [9.17, 15) is 14.4 Å². The van der Waals surface area contributed by atoms with Gasteiger partial charge in [0.2, 0.25) is 5.91 Å². The van der Waals surface area contributed by atoms with Gasteiger partial charge in [0, 0.05) is 18.7 Å². The number of esters is 1. The molecule has 2 aromatic carbocycles. The number of anilines is 2. The third-order valence-electron chi connectivity index (χ3n) is 4.20. The monoisotopic (exact) mass is 474 g/mol. The van der Waals surface area contributed by atoms with Crippen LogP contribution in [-0.4, -0.2) is 30.9 Å². The number of benzene rings is 2. The van der Waals surface area contributed by atoms with E-state index < -0.39 is 18.5 Å². The number of rotatable bonds is 5. The van der Waals surface area contributed by atoms with Crippen LogP contribution in [0.1, 0.15) is 23.2 Å². The van der Waals surface area contributed by atoms with Crippen LogP contribution in [0.2, 0.25) is 20.1 Å². The van der Waals surface area contributed by atoms with Crippen molar-refractivity contribution in [2.45, 2.75) is 12.8 Å². The molecule has 1 saturated heterocycles. The molecule has 0 aromatic heterocycles. The van der Waals surface area contributed by atoms with Gasteiger partial charge in [0.1, 0.15) is 0 Å². The summed E-state index contributed by atoms with van der Waals surface area (Å²) in [6, 6.07) is 7.74. The second-order valence-corrected chi connectivity index (χ2v) is 7.73. The summed E-state index contributed by atoms with van der Waals surface area (Å²) in [5.74, 6) is -1.31. The zero-order chi connectivity index (χ0) is 21.1. The van der Waals surface area contributed by atoms with Gasteiger partial charge in [0.15, 0.2) is 6.61 Å². The molecule has 0 saturated carbocycles. The summed E-state index contributed by atoms with van der Waals surface area (Å²) < 4.78 is 5.01. The minimum Gasteiger partial charge on any atom is -0.452 e. The summed E-state index contributed by atoms with van der Waals surface area (Å²) in [5.41, 5.74) is 0.991. The second-order valence-electron chi connectivity index (χ2n) is 6.16. The van der Waals surface area contributed by atoms with Crippen molar-refractivity contribution in [3.63, 3.8) is 0 Å². The van der Waals surface area contributed by atoms with Crippen molar-refractivity contribution in [1.82, 2.24) is 0 Å². The molecule has 0 bridgehead atoms. The molecular weight excluding hydrogens is 462 g/mol. The van der Waals surface area contributed by atoms with E-state index in [1.165, 1.54) is 18.2 Å². The number of hydrogen-bond donors (Lipinski definition) is 1. The fourth-order valence-electron chi connectivity index (χ4n) is 2.77. The standard InChI is InChI=1S/C19H14Cl4N2O4/c20-12-8-13(21)17(23)18(16(12)22)24-14(26)9-29-19(28)10-3-5-11(6-4-10)25-7-1-2-15(25)27/h3-6,8H,1-2,7,9H2,(H,24,26). The SMILES string of the molecule is O=C(COC(=O)c1ccc(N2CCCC2=O)cc1)Nc1c(Cl)c(Cl)cc(Cl)c1Cl. The van der Waals surface area contributed by atoms with E-state index in [1.54, 1.807) is 17.0 Å². The minimum absolute atomic E-state index is 0.0211. The summed E-state index contributed by atoms with van der Waals surface area (Å²) in [6.07, 6.45) is 1.33. The summed E-state index contributed by atoms with van der Waals surface area (Å²) in [6.45, 7) is 0.0867. The predicted molar refractivity (Wildman–Crippen MR) is 113 cm³/mol. The van der Waals surface area contributed by atoms with Crippen molar-refractivity contribution in [2.75, 3.05) is 23.4 Å². The van der Waals surface area contributed by atoms with E-state index in [-0.39, 0.29) is 37.2 Å². The van der Waals surface area contributed by atoms with Crippen LogP contribution in [0.15, 0.2) is 30.3 Å². The molecule has 29 heavy (non-hydrogen) atoms. The van der Waals surface area contributed by atoms with Gasteiger partial charge >= 0.3 is 5.97 Å². The van der Waals surface area contributed by atoms with Crippen LogP contribution in [0.3, 0.4) is 0 Å². The lowest BCUT2D eigenvalue weighted by atomic mass is 10.2. The lowest BCUT2D eigenvalue weighted by molar-refractivity contribution is -0.119. The zero-order valence-electron chi connectivity index (χ0n) is 14.8. The highest BCUT2D eigenvalue weighted by Gasteiger charge is 2.22. The van der Waals surface area contributed by atoms with Crippen LogP contribution in [0.5, 0.6) is 0 Å².